The van der Waals surface area contributed by atoms with Crippen molar-refractivity contribution in [1.29, 1.82) is 0 Å². The van der Waals surface area contributed by atoms with E-state index in [-0.39, 0.29) is 5.69 Å². The van der Waals surface area contributed by atoms with E-state index in [1.54, 1.807) is 18.3 Å². The van der Waals surface area contributed by atoms with Crippen LogP contribution in [0.3, 0.4) is 0 Å². The number of nitrogens with zero attached hydrogens (tertiary/aromatic N) is 2. The molecule has 0 saturated carbocycles. The topological polar surface area (TPSA) is 78.9 Å². The van der Waals surface area contributed by atoms with Gasteiger partial charge in [-0.3, -0.25) is 10.1 Å². The Labute approximate surface area is 89.7 Å². The largest absolute Gasteiger partial charge is 0.477 e. The van der Waals surface area contributed by atoms with E-state index in [9.17, 15) is 4.79 Å². The summed E-state index contributed by atoms with van der Waals surface area (Å²) in [6, 6.07) is 4.74. The number of hydrogen-bond donors (Lipinski definition) is 2. The summed E-state index contributed by atoms with van der Waals surface area (Å²) in [4.78, 5) is 14.6. The van der Waals surface area contributed by atoms with Crippen LogP contribution in [0.2, 0.25) is 5.02 Å². The molecule has 15 heavy (non-hydrogen) atoms. The number of pyridine rings is 1. The minimum absolute atomic E-state index is 0.00622. The van der Waals surface area contributed by atoms with Crippen molar-refractivity contribution < 1.29 is 9.90 Å². The number of aromatic carboxylic acids is 1. The summed E-state index contributed by atoms with van der Waals surface area (Å²) in [6.07, 6.45) is 1.57. The molecule has 0 bridgehead atoms. The lowest BCUT2D eigenvalue weighted by Gasteiger charge is -1.96. The number of aromatic amines is 1. The van der Waals surface area contributed by atoms with Crippen LogP contribution < -0.4 is 0 Å². The zero-order valence-corrected chi connectivity index (χ0v) is 8.19. The van der Waals surface area contributed by atoms with Gasteiger partial charge in [0.15, 0.2) is 0 Å². The summed E-state index contributed by atoms with van der Waals surface area (Å²) in [5.74, 6) is -1.07. The van der Waals surface area contributed by atoms with Crippen molar-refractivity contribution in [2.75, 3.05) is 0 Å². The average Bonchev–Trinajstić information content (AvgIpc) is 2.67. The van der Waals surface area contributed by atoms with E-state index >= 15 is 0 Å². The highest BCUT2D eigenvalue weighted by Gasteiger charge is 2.11. The van der Waals surface area contributed by atoms with Crippen molar-refractivity contribution in [3.8, 4) is 11.4 Å². The first-order valence-electron chi connectivity index (χ1n) is 4.08. The molecule has 6 heteroatoms. The van der Waals surface area contributed by atoms with Crippen LogP contribution in [-0.2, 0) is 0 Å². The van der Waals surface area contributed by atoms with E-state index in [0.717, 1.165) is 0 Å². The SMILES string of the molecule is O=C(O)c1cc(-c2ncccc2Cl)n[nH]1. The number of carboxylic acids is 1. The predicted octanol–water partition coefficient (Wildman–Crippen LogP) is 1.82. The minimum atomic E-state index is -1.07. The summed E-state index contributed by atoms with van der Waals surface area (Å²) in [6.45, 7) is 0. The van der Waals surface area contributed by atoms with Gasteiger partial charge in [0.1, 0.15) is 17.1 Å². The van der Waals surface area contributed by atoms with E-state index < -0.39 is 5.97 Å². The third-order valence-electron chi connectivity index (χ3n) is 1.81. The van der Waals surface area contributed by atoms with Crippen molar-refractivity contribution in [3.05, 3.63) is 35.1 Å². The van der Waals surface area contributed by atoms with Crippen LogP contribution in [0.1, 0.15) is 10.5 Å². The maximum Gasteiger partial charge on any atom is 0.353 e. The lowest BCUT2D eigenvalue weighted by Crippen LogP contribution is -1.95. The number of halogens is 1. The first kappa shape index (κ1) is 9.67. The first-order valence-corrected chi connectivity index (χ1v) is 4.46. The number of carbonyl (C=O) groups is 1. The van der Waals surface area contributed by atoms with Gasteiger partial charge in [-0.2, -0.15) is 5.10 Å². The van der Waals surface area contributed by atoms with Crippen LogP contribution in [0, 0.1) is 0 Å². The second-order valence-corrected chi connectivity index (χ2v) is 3.21. The lowest BCUT2D eigenvalue weighted by atomic mass is 10.2. The molecule has 0 spiro atoms. The summed E-state index contributed by atoms with van der Waals surface area (Å²) in [7, 11) is 0. The van der Waals surface area contributed by atoms with E-state index in [1.807, 2.05) is 0 Å². The predicted molar refractivity (Wildman–Crippen MR) is 53.8 cm³/mol. The van der Waals surface area contributed by atoms with E-state index in [1.165, 1.54) is 6.07 Å². The molecule has 0 atom stereocenters. The Morgan fingerprint density at radius 1 is 1.53 bits per heavy atom. The van der Waals surface area contributed by atoms with Gasteiger partial charge in [-0.15, -0.1) is 0 Å². The van der Waals surface area contributed by atoms with E-state index in [0.29, 0.717) is 16.4 Å². The zero-order valence-electron chi connectivity index (χ0n) is 7.44. The normalized spacial score (nSPS) is 10.2. The van der Waals surface area contributed by atoms with Crippen molar-refractivity contribution in [3.63, 3.8) is 0 Å². The van der Waals surface area contributed by atoms with Crippen LogP contribution in [0.5, 0.6) is 0 Å². The highest BCUT2D eigenvalue weighted by Crippen LogP contribution is 2.23. The number of rotatable bonds is 2. The van der Waals surface area contributed by atoms with E-state index in [4.69, 9.17) is 16.7 Å². The second kappa shape index (κ2) is 3.70. The van der Waals surface area contributed by atoms with Gasteiger partial charge < -0.3 is 5.11 Å². The fourth-order valence-corrected chi connectivity index (χ4v) is 1.35. The second-order valence-electron chi connectivity index (χ2n) is 2.81. The van der Waals surface area contributed by atoms with Gasteiger partial charge in [-0.1, -0.05) is 11.6 Å². The summed E-state index contributed by atoms with van der Waals surface area (Å²) in [5, 5.41) is 15.3. The summed E-state index contributed by atoms with van der Waals surface area (Å²) in [5.41, 5.74) is 0.882. The molecule has 0 aliphatic carbocycles. The molecule has 2 rings (SSSR count). The molecule has 0 unspecified atom stereocenters. The number of nitrogens with one attached hydrogen (secondary N) is 1. The molecule has 0 amide bonds. The Kier molecular flexibility index (Phi) is 2.39. The molecule has 0 aliphatic heterocycles. The van der Waals surface area contributed by atoms with Crippen molar-refractivity contribution in [1.82, 2.24) is 15.2 Å². The van der Waals surface area contributed by atoms with Crippen molar-refractivity contribution >= 4 is 17.6 Å². The molecule has 2 heterocycles. The Bertz CT molecular complexity index is 510. The highest BCUT2D eigenvalue weighted by atomic mass is 35.5. The van der Waals surface area contributed by atoms with Crippen LogP contribution >= 0.6 is 11.6 Å². The first-order chi connectivity index (χ1) is 7.18. The van der Waals surface area contributed by atoms with Gasteiger partial charge in [0.2, 0.25) is 0 Å². The molecule has 0 fully saturated rings. The Morgan fingerprint density at radius 3 is 2.93 bits per heavy atom. The standard InChI is InChI=1S/C9H6ClN3O2/c10-5-2-1-3-11-8(5)6-4-7(9(14)15)13-12-6/h1-4H,(H,12,13)(H,14,15). The number of carboxylic acid groups (broad SMARTS) is 1. The maximum atomic E-state index is 10.6. The van der Waals surface area contributed by atoms with Gasteiger partial charge in [-0.05, 0) is 12.1 Å². The summed E-state index contributed by atoms with van der Waals surface area (Å²) >= 11 is 5.88. The van der Waals surface area contributed by atoms with Crippen LogP contribution in [0.25, 0.3) is 11.4 Å². The van der Waals surface area contributed by atoms with Gasteiger partial charge in [0.05, 0.1) is 5.02 Å². The molecular formula is C9H6ClN3O2. The van der Waals surface area contributed by atoms with Gasteiger partial charge in [0.25, 0.3) is 0 Å². The molecule has 2 aromatic heterocycles. The smallest absolute Gasteiger partial charge is 0.353 e. The Balaban J connectivity index is 2.46. The highest BCUT2D eigenvalue weighted by molar-refractivity contribution is 6.32. The lowest BCUT2D eigenvalue weighted by molar-refractivity contribution is 0.0690. The molecule has 0 aliphatic rings. The fourth-order valence-electron chi connectivity index (χ4n) is 1.13. The fraction of sp³-hybridized carbons (Fsp3) is 0. The van der Waals surface area contributed by atoms with Crippen molar-refractivity contribution in [2.45, 2.75) is 0 Å². The van der Waals surface area contributed by atoms with Crippen molar-refractivity contribution in [2.24, 2.45) is 0 Å². The summed E-state index contributed by atoms with van der Waals surface area (Å²) < 4.78 is 0. The molecule has 0 aromatic carbocycles. The quantitative estimate of drug-likeness (QED) is 0.814. The number of H-pyrrole nitrogens is 1. The molecule has 0 radical (unpaired) electrons. The molecule has 76 valence electrons. The van der Waals surface area contributed by atoms with Crippen LogP contribution in [-0.4, -0.2) is 26.3 Å². The number of hydrogen-bond acceptors (Lipinski definition) is 3. The van der Waals surface area contributed by atoms with E-state index in [2.05, 4.69) is 15.2 Å². The number of aromatic nitrogens is 3. The maximum absolute atomic E-state index is 10.6. The zero-order chi connectivity index (χ0) is 10.8. The minimum Gasteiger partial charge on any atom is -0.477 e. The monoisotopic (exact) mass is 223 g/mol. The van der Waals surface area contributed by atoms with Crippen LogP contribution in [0.15, 0.2) is 24.4 Å². The van der Waals surface area contributed by atoms with Gasteiger partial charge >= 0.3 is 5.97 Å². The Morgan fingerprint density at radius 2 is 2.33 bits per heavy atom. The molecule has 2 N–H and O–H groups in total. The van der Waals surface area contributed by atoms with Gasteiger partial charge in [-0.25, -0.2) is 4.79 Å². The van der Waals surface area contributed by atoms with Crippen LogP contribution in [0.4, 0.5) is 0 Å². The third kappa shape index (κ3) is 1.82. The average molecular weight is 224 g/mol. The molecule has 0 saturated heterocycles. The molecule has 5 nitrogen and oxygen atoms in total. The molecular weight excluding hydrogens is 218 g/mol. The van der Waals surface area contributed by atoms with Gasteiger partial charge in [0, 0.05) is 12.3 Å². The third-order valence-corrected chi connectivity index (χ3v) is 2.11. The molecule has 2 aromatic rings. The Hall–Kier alpha value is -1.88.